The number of hydrogen-bond donors (Lipinski definition) is 2. The molecular weight excluding hydrogens is 495 g/mol. The number of nitrogens with one attached hydrogen (secondary N) is 1. The van der Waals surface area contributed by atoms with Crippen LogP contribution in [-0.4, -0.2) is 45.0 Å². The second-order valence-electron chi connectivity index (χ2n) is 10.9. The second kappa shape index (κ2) is 10.6. The third kappa shape index (κ3) is 5.65. The summed E-state index contributed by atoms with van der Waals surface area (Å²) in [4.78, 5) is 18.6. The lowest BCUT2D eigenvalue weighted by atomic mass is 9.80. The van der Waals surface area contributed by atoms with Crippen molar-refractivity contribution < 1.29 is 23.1 Å². The Balaban J connectivity index is 1.45. The Kier molecular flexibility index (Phi) is 7.35. The lowest BCUT2D eigenvalue weighted by Crippen LogP contribution is -2.36. The number of carbonyl (C=O) groups is 1. The van der Waals surface area contributed by atoms with Gasteiger partial charge in [-0.05, 0) is 74.6 Å². The summed E-state index contributed by atoms with van der Waals surface area (Å²) >= 11 is 0. The summed E-state index contributed by atoms with van der Waals surface area (Å²) in [5, 5.41) is 18.5. The zero-order valence-electron chi connectivity index (χ0n) is 21.7. The van der Waals surface area contributed by atoms with Gasteiger partial charge in [0, 0.05) is 24.7 Å². The molecule has 0 radical (unpaired) electrons. The molecule has 0 atom stereocenters. The highest BCUT2D eigenvalue weighted by molar-refractivity contribution is 6.06. The van der Waals surface area contributed by atoms with Crippen molar-refractivity contribution in [2.75, 3.05) is 23.3 Å². The fraction of sp³-hybridized carbons (Fsp3) is 0.536. The summed E-state index contributed by atoms with van der Waals surface area (Å²) < 4.78 is 41.5. The van der Waals surface area contributed by atoms with Gasteiger partial charge in [0.05, 0.1) is 29.0 Å². The number of alkyl halides is 3. The van der Waals surface area contributed by atoms with Crippen molar-refractivity contribution in [2.45, 2.75) is 70.7 Å². The molecule has 7 nitrogen and oxygen atoms in total. The maximum atomic E-state index is 13.2. The van der Waals surface area contributed by atoms with Crippen LogP contribution < -0.4 is 10.2 Å². The van der Waals surface area contributed by atoms with Crippen LogP contribution in [0.2, 0.25) is 0 Å². The standard InChI is InChI=1S/C28H34F3N5O2/c1-17(2)18-6-8-20(9-7-18)36-16-19-14-24(25(15-23(19)34-36)35-12-10-21(37)11-13-35)33-27(38)22-4-3-5-26(32-22)28(29,30)31/h3-5,14-18,20-21,37H,6-13H2,1-2H3,(H,33,38)/t18-,20-. The minimum atomic E-state index is -4.64. The van der Waals surface area contributed by atoms with Crippen LogP contribution in [0.1, 0.15) is 74.6 Å². The zero-order valence-corrected chi connectivity index (χ0v) is 21.7. The van der Waals surface area contributed by atoms with Crippen molar-refractivity contribution in [1.82, 2.24) is 14.8 Å². The molecule has 0 unspecified atom stereocenters. The molecule has 3 aromatic rings. The molecule has 2 N–H and O–H groups in total. The molecule has 0 spiro atoms. The summed E-state index contributed by atoms with van der Waals surface area (Å²) in [5.41, 5.74) is 0.601. The first-order valence-corrected chi connectivity index (χ1v) is 13.4. The Labute approximate surface area is 220 Å². The first kappa shape index (κ1) is 26.5. The number of aliphatic hydroxyl groups excluding tert-OH is 1. The molecular formula is C28H34F3N5O2. The van der Waals surface area contributed by atoms with Gasteiger partial charge in [-0.2, -0.15) is 18.3 Å². The fourth-order valence-corrected chi connectivity index (χ4v) is 5.67. The average molecular weight is 530 g/mol. The van der Waals surface area contributed by atoms with E-state index in [2.05, 4.69) is 29.0 Å². The quantitative estimate of drug-likeness (QED) is 0.420. The number of halogens is 3. The number of nitrogens with zero attached hydrogens (tertiary/aromatic N) is 4. The molecule has 1 amide bonds. The van der Waals surface area contributed by atoms with Gasteiger partial charge in [-0.25, -0.2) is 4.98 Å². The van der Waals surface area contributed by atoms with E-state index in [0.29, 0.717) is 43.6 Å². The van der Waals surface area contributed by atoms with Crippen molar-refractivity contribution >= 4 is 28.2 Å². The molecule has 204 valence electrons. The molecule has 1 saturated heterocycles. The second-order valence-corrected chi connectivity index (χ2v) is 10.9. The molecule has 5 rings (SSSR count). The molecule has 1 saturated carbocycles. The van der Waals surface area contributed by atoms with E-state index in [0.717, 1.165) is 41.4 Å². The van der Waals surface area contributed by atoms with Crippen LogP contribution in [-0.2, 0) is 6.18 Å². The van der Waals surface area contributed by atoms with E-state index in [1.54, 1.807) is 0 Å². The number of piperidine rings is 1. The van der Waals surface area contributed by atoms with Gasteiger partial charge in [-0.3, -0.25) is 9.48 Å². The predicted octanol–water partition coefficient (Wildman–Crippen LogP) is 6.05. The van der Waals surface area contributed by atoms with Gasteiger partial charge in [0.25, 0.3) is 5.91 Å². The van der Waals surface area contributed by atoms with Crippen LogP contribution in [0.25, 0.3) is 10.9 Å². The van der Waals surface area contributed by atoms with E-state index in [4.69, 9.17) is 5.10 Å². The molecule has 3 heterocycles. The third-order valence-corrected chi connectivity index (χ3v) is 8.02. The number of benzene rings is 1. The zero-order chi connectivity index (χ0) is 27.0. The maximum Gasteiger partial charge on any atom is 0.433 e. The van der Waals surface area contributed by atoms with Crippen molar-refractivity contribution in [1.29, 1.82) is 0 Å². The van der Waals surface area contributed by atoms with Gasteiger partial charge >= 0.3 is 6.18 Å². The summed E-state index contributed by atoms with van der Waals surface area (Å²) in [6.07, 6.45) is 2.65. The van der Waals surface area contributed by atoms with E-state index in [-0.39, 0.29) is 11.8 Å². The van der Waals surface area contributed by atoms with Crippen LogP contribution in [0.3, 0.4) is 0 Å². The largest absolute Gasteiger partial charge is 0.433 e. The molecule has 2 aromatic heterocycles. The van der Waals surface area contributed by atoms with Gasteiger partial charge < -0.3 is 15.3 Å². The molecule has 2 aliphatic rings. The number of hydrogen-bond acceptors (Lipinski definition) is 5. The molecule has 1 aromatic carbocycles. The molecule has 1 aliphatic heterocycles. The van der Waals surface area contributed by atoms with E-state index < -0.39 is 17.8 Å². The van der Waals surface area contributed by atoms with Crippen LogP contribution in [0, 0.1) is 11.8 Å². The molecule has 38 heavy (non-hydrogen) atoms. The Bertz CT molecular complexity index is 1290. The van der Waals surface area contributed by atoms with Crippen molar-refractivity contribution in [3.8, 4) is 0 Å². The number of anilines is 2. The lowest BCUT2D eigenvalue weighted by molar-refractivity contribution is -0.141. The minimum absolute atomic E-state index is 0.308. The first-order chi connectivity index (χ1) is 18.1. The Hall–Kier alpha value is -3.14. The molecule has 0 bridgehead atoms. The van der Waals surface area contributed by atoms with Gasteiger partial charge in [0.2, 0.25) is 0 Å². The number of carbonyl (C=O) groups excluding carboxylic acids is 1. The summed E-state index contributed by atoms with van der Waals surface area (Å²) in [7, 11) is 0. The van der Waals surface area contributed by atoms with Gasteiger partial charge in [0.1, 0.15) is 11.4 Å². The van der Waals surface area contributed by atoms with E-state index >= 15 is 0 Å². The number of amides is 1. The Morgan fingerprint density at radius 2 is 1.79 bits per heavy atom. The average Bonchev–Trinajstić information content (AvgIpc) is 3.31. The minimum Gasteiger partial charge on any atom is -0.393 e. The third-order valence-electron chi connectivity index (χ3n) is 8.02. The van der Waals surface area contributed by atoms with E-state index in [1.165, 1.54) is 25.0 Å². The van der Waals surface area contributed by atoms with Gasteiger partial charge in [-0.1, -0.05) is 19.9 Å². The number of pyridine rings is 1. The number of aliphatic hydroxyl groups is 1. The fourth-order valence-electron chi connectivity index (χ4n) is 5.67. The summed E-state index contributed by atoms with van der Waals surface area (Å²) in [5.74, 6) is 0.701. The van der Waals surface area contributed by atoms with Crippen molar-refractivity contribution in [2.24, 2.45) is 11.8 Å². The SMILES string of the molecule is CC(C)[C@H]1CC[C@H](n2cc3cc(NC(=O)c4cccc(C(F)(F)F)n4)c(N4CCC(O)CC4)cc3n2)CC1. The van der Waals surface area contributed by atoms with Crippen molar-refractivity contribution in [3.05, 3.63) is 47.9 Å². The lowest BCUT2D eigenvalue weighted by Gasteiger charge is -2.32. The first-order valence-electron chi connectivity index (χ1n) is 13.4. The van der Waals surface area contributed by atoms with E-state index in [9.17, 15) is 23.1 Å². The molecule has 2 fully saturated rings. The van der Waals surface area contributed by atoms with Crippen LogP contribution in [0.5, 0.6) is 0 Å². The highest BCUT2D eigenvalue weighted by atomic mass is 19.4. The van der Waals surface area contributed by atoms with Gasteiger partial charge in [-0.15, -0.1) is 0 Å². The Morgan fingerprint density at radius 1 is 1.08 bits per heavy atom. The highest BCUT2D eigenvalue weighted by Gasteiger charge is 2.33. The summed E-state index contributed by atoms with van der Waals surface area (Å²) in [6, 6.07) is 7.38. The van der Waals surface area contributed by atoms with E-state index in [1.807, 2.05) is 23.0 Å². The number of fused-ring (bicyclic) bond motifs is 1. The van der Waals surface area contributed by atoms with Crippen LogP contribution >= 0.6 is 0 Å². The Morgan fingerprint density at radius 3 is 2.45 bits per heavy atom. The predicted molar refractivity (Wildman–Crippen MR) is 140 cm³/mol. The van der Waals surface area contributed by atoms with Crippen LogP contribution in [0.15, 0.2) is 36.5 Å². The number of rotatable bonds is 5. The maximum absolute atomic E-state index is 13.2. The van der Waals surface area contributed by atoms with Crippen LogP contribution in [0.4, 0.5) is 24.5 Å². The highest BCUT2D eigenvalue weighted by Crippen LogP contribution is 2.38. The topological polar surface area (TPSA) is 83.3 Å². The monoisotopic (exact) mass is 529 g/mol. The molecule has 10 heteroatoms. The number of aromatic nitrogens is 3. The summed E-state index contributed by atoms with van der Waals surface area (Å²) in [6.45, 7) is 5.74. The smallest absolute Gasteiger partial charge is 0.393 e. The normalized spacial score (nSPS) is 21.3. The molecule has 1 aliphatic carbocycles. The van der Waals surface area contributed by atoms with Crippen molar-refractivity contribution in [3.63, 3.8) is 0 Å². The van der Waals surface area contributed by atoms with Gasteiger partial charge in [0.15, 0.2) is 0 Å².